The van der Waals surface area contributed by atoms with E-state index in [0.29, 0.717) is 22.7 Å². The van der Waals surface area contributed by atoms with Crippen LogP contribution in [0.15, 0.2) is 0 Å². The van der Waals surface area contributed by atoms with Crippen molar-refractivity contribution in [3.63, 3.8) is 0 Å². The van der Waals surface area contributed by atoms with Gasteiger partial charge in [-0.15, -0.1) is 0 Å². The number of rotatable bonds is 0. The van der Waals surface area contributed by atoms with Crippen molar-refractivity contribution in [1.29, 1.82) is 0 Å². The van der Waals surface area contributed by atoms with E-state index in [-0.39, 0.29) is 11.5 Å². The van der Waals surface area contributed by atoms with Gasteiger partial charge in [-0.25, -0.2) is 0 Å². The lowest BCUT2D eigenvalue weighted by atomic mass is 9.39. The molecule has 126 valence electrons. The van der Waals surface area contributed by atoms with Crippen LogP contribution in [-0.2, 0) is 0 Å². The highest BCUT2D eigenvalue weighted by molar-refractivity contribution is 5.18. The zero-order valence-corrected chi connectivity index (χ0v) is 14.9. The van der Waals surface area contributed by atoms with E-state index >= 15 is 0 Å². The van der Waals surface area contributed by atoms with Gasteiger partial charge in [-0.3, -0.25) is 0 Å². The molecule has 22 heavy (non-hydrogen) atoms. The summed E-state index contributed by atoms with van der Waals surface area (Å²) in [6.45, 7) is 9.25. The van der Waals surface area contributed by atoms with Gasteiger partial charge in [-0.1, -0.05) is 20.8 Å². The van der Waals surface area contributed by atoms with Gasteiger partial charge in [0, 0.05) is 0 Å². The maximum Gasteiger partial charge on any atom is 0.0648 e. The molecule has 4 rings (SSSR count). The number of aliphatic hydroxyl groups excluding tert-OH is 1. The topological polar surface area (TPSA) is 40.5 Å². The zero-order chi connectivity index (χ0) is 16.0. The molecular formula is C20H34O2. The van der Waals surface area contributed by atoms with Gasteiger partial charge in [0.15, 0.2) is 0 Å². The van der Waals surface area contributed by atoms with Crippen molar-refractivity contribution in [1.82, 2.24) is 0 Å². The van der Waals surface area contributed by atoms with Crippen LogP contribution in [-0.4, -0.2) is 21.9 Å². The van der Waals surface area contributed by atoms with E-state index in [0.717, 1.165) is 18.8 Å². The summed E-state index contributed by atoms with van der Waals surface area (Å²) in [6, 6.07) is 0. The molecule has 2 bridgehead atoms. The molecule has 2 unspecified atom stereocenters. The molecule has 0 aromatic heterocycles. The molecule has 0 saturated heterocycles. The van der Waals surface area contributed by atoms with Crippen molar-refractivity contribution in [2.75, 3.05) is 0 Å². The molecule has 0 heterocycles. The van der Waals surface area contributed by atoms with Crippen LogP contribution >= 0.6 is 0 Å². The van der Waals surface area contributed by atoms with Crippen molar-refractivity contribution in [3.05, 3.63) is 0 Å². The fourth-order valence-electron chi connectivity index (χ4n) is 7.79. The molecule has 2 heteroatoms. The molecule has 1 spiro atoms. The number of hydrogen-bond donors (Lipinski definition) is 2. The highest BCUT2D eigenvalue weighted by atomic mass is 16.3. The molecule has 0 aromatic carbocycles. The second-order valence-electron chi connectivity index (χ2n) is 10.3. The first kappa shape index (κ1) is 15.4. The van der Waals surface area contributed by atoms with Gasteiger partial charge >= 0.3 is 0 Å². The molecule has 4 aliphatic rings. The standard InChI is InChI=1S/C20H34O2/c1-17(2)15-6-5-13-11-14-12-20(13,10-9-19(14,4)22)18(15,3)8-7-16(17)21/h13-16,21-22H,5-12H2,1-4H3/t13?,14-,15?,16+,18+,19+,20-/m1/s1. The summed E-state index contributed by atoms with van der Waals surface area (Å²) in [5.74, 6) is 1.97. The minimum Gasteiger partial charge on any atom is -0.393 e. The Morgan fingerprint density at radius 1 is 0.864 bits per heavy atom. The van der Waals surface area contributed by atoms with E-state index < -0.39 is 5.60 Å². The lowest BCUT2D eigenvalue weighted by Gasteiger charge is -2.66. The highest BCUT2D eigenvalue weighted by Gasteiger charge is 2.69. The smallest absolute Gasteiger partial charge is 0.0648 e. The fourth-order valence-corrected chi connectivity index (χ4v) is 7.79. The van der Waals surface area contributed by atoms with E-state index in [4.69, 9.17) is 0 Å². The van der Waals surface area contributed by atoms with E-state index in [9.17, 15) is 10.2 Å². The monoisotopic (exact) mass is 306 g/mol. The first-order chi connectivity index (χ1) is 10.1. The zero-order valence-electron chi connectivity index (χ0n) is 14.9. The van der Waals surface area contributed by atoms with Crippen molar-refractivity contribution < 1.29 is 10.2 Å². The fraction of sp³-hybridized carbons (Fsp3) is 1.00. The second-order valence-corrected chi connectivity index (χ2v) is 10.3. The molecule has 4 saturated carbocycles. The second kappa shape index (κ2) is 4.30. The predicted molar refractivity (Wildman–Crippen MR) is 88.4 cm³/mol. The first-order valence-electron chi connectivity index (χ1n) is 9.54. The van der Waals surface area contributed by atoms with Crippen LogP contribution in [0, 0.1) is 34.0 Å². The normalized spacial score (nSPS) is 59.7. The van der Waals surface area contributed by atoms with Crippen molar-refractivity contribution in [2.45, 2.75) is 90.8 Å². The third-order valence-corrected chi connectivity index (χ3v) is 9.32. The van der Waals surface area contributed by atoms with Crippen molar-refractivity contribution in [3.8, 4) is 0 Å². The lowest BCUT2D eigenvalue weighted by molar-refractivity contribution is -0.199. The summed E-state index contributed by atoms with van der Waals surface area (Å²) >= 11 is 0. The van der Waals surface area contributed by atoms with Crippen LogP contribution in [0.25, 0.3) is 0 Å². The van der Waals surface area contributed by atoms with E-state index in [1.807, 2.05) is 0 Å². The van der Waals surface area contributed by atoms with Crippen LogP contribution < -0.4 is 0 Å². The van der Waals surface area contributed by atoms with Gasteiger partial charge in [0.05, 0.1) is 11.7 Å². The van der Waals surface area contributed by atoms with E-state index in [1.54, 1.807) is 0 Å². The van der Waals surface area contributed by atoms with Gasteiger partial charge in [-0.05, 0) is 92.3 Å². The van der Waals surface area contributed by atoms with Gasteiger partial charge in [-0.2, -0.15) is 0 Å². The van der Waals surface area contributed by atoms with E-state index in [2.05, 4.69) is 27.7 Å². The Bertz CT molecular complexity index is 482. The first-order valence-corrected chi connectivity index (χ1v) is 9.54. The van der Waals surface area contributed by atoms with Crippen LogP contribution in [0.5, 0.6) is 0 Å². The van der Waals surface area contributed by atoms with Crippen LogP contribution in [0.4, 0.5) is 0 Å². The van der Waals surface area contributed by atoms with Gasteiger partial charge in [0.1, 0.15) is 0 Å². The Kier molecular flexibility index (Phi) is 3.02. The van der Waals surface area contributed by atoms with Gasteiger partial charge in [0.2, 0.25) is 0 Å². The molecular weight excluding hydrogens is 272 g/mol. The Labute approximate surface area is 135 Å². The minimum absolute atomic E-state index is 0.0464. The average molecular weight is 306 g/mol. The Morgan fingerprint density at radius 2 is 1.59 bits per heavy atom. The SMILES string of the molecule is CC1(C)C2CCC3C[C@@H]4C[C@@]3(CC[C@]4(C)O)[C@@]2(C)CC[C@@H]1O. The van der Waals surface area contributed by atoms with E-state index in [1.165, 1.54) is 38.5 Å². The van der Waals surface area contributed by atoms with Crippen molar-refractivity contribution in [2.24, 2.45) is 34.0 Å². The summed E-state index contributed by atoms with van der Waals surface area (Å²) in [5, 5.41) is 21.4. The maximum atomic E-state index is 10.8. The molecule has 0 aromatic rings. The number of fused-ring (bicyclic) bond motifs is 2. The summed E-state index contributed by atoms with van der Waals surface area (Å²) in [4.78, 5) is 0. The third-order valence-electron chi connectivity index (χ3n) is 9.32. The third kappa shape index (κ3) is 1.64. The summed E-state index contributed by atoms with van der Waals surface area (Å²) in [5.41, 5.74) is 0.424. The quantitative estimate of drug-likeness (QED) is 0.706. The molecule has 2 N–H and O–H groups in total. The number of aliphatic hydroxyl groups is 2. The highest BCUT2D eigenvalue weighted by Crippen LogP contribution is 2.75. The predicted octanol–water partition coefficient (Wildman–Crippen LogP) is 4.14. The van der Waals surface area contributed by atoms with Crippen molar-refractivity contribution >= 4 is 0 Å². The molecule has 2 nitrogen and oxygen atoms in total. The maximum absolute atomic E-state index is 10.8. The Morgan fingerprint density at radius 3 is 2.32 bits per heavy atom. The van der Waals surface area contributed by atoms with Crippen LogP contribution in [0.2, 0.25) is 0 Å². The minimum atomic E-state index is -0.432. The van der Waals surface area contributed by atoms with Crippen LogP contribution in [0.3, 0.4) is 0 Å². The summed E-state index contributed by atoms with van der Waals surface area (Å²) in [6.07, 6.45) is 9.30. The molecule has 0 radical (unpaired) electrons. The number of hydrogen-bond acceptors (Lipinski definition) is 2. The lowest BCUT2D eigenvalue weighted by Crippen LogP contribution is -2.61. The summed E-state index contributed by atoms with van der Waals surface area (Å²) < 4.78 is 0. The molecule has 0 amide bonds. The molecule has 7 atom stereocenters. The molecule has 4 aliphatic carbocycles. The Hall–Kier alpha value is -0.0800. The summed E-state index contributed by atoms with van der Waals surface area (Å²) in [7, 11) is 0. The Balaban J connectivity index is 1.76. The van der Waals surface area contributed by atoms with Crippen LogP contribution in [0.1, 0.15) is 79.1 Å². The van der Waals surface area contributed by atoms with Gasteiger partial charge in [0.25, 0.3) is 0 Å². The molecule has 0 aliphatic heterocycles. The average Bonchev–Trinajstić information content (AvgIpc) is 2.78. The molecule has 4 fully saturated rings. The largest absolute Gasteiger partial charge is 0.393 e. The van der Waals surface area contributed by atoms with Gasteiger partial charge < -0.3 is 10.2 Å².